The fraction of sp³-hybridized carbons (Fsp3) is 0.0769. The van der Waals surface area contributed by atoms with Gasteiger partial charge in [-0.3, -0.25) is 14.4 Å². The van der Waals surface area contributed by atoms with Gasteiger partial charge in [0.2, 0.25) is 0 Å². The first-order valence-corrected chi connectivity index (χ1v) is 13.3. The fourth-order valence-electron chi connectivity index (χ4n) is 3.59. The van der Waals surface area contributed by atoms with Crippen LogP contribution in [0.5, 0.6) is 5.75 Å². The van der Waals surface area contributed by atoms with Crippen LogP contribution >= 0.6 is 11.3 Å². The summed E-state index contributed by atoms with van der Waals surface area (Å²) in [4.78, 5) is 19.6. The molecule has 0 radical (unpaired) electrons. The van der Waals surface area contributed by atoms with Gasteiger partial charge in [-0.2, -0.15) is 0 Å². The maximum Gasteiger partial charge on any atom is 0.261 e. The van der Waals surface area contributed by atoms with Crippen LogP contribution in [-0.4, -0.2) is 26.4 Å². The number of hydrogen-bond acceptors (Lipinski definition) is 7. The minimum absolute atomic E-state index is 0.0776. The molecule has 3 aromatic carbocycles. The Bertz CT molecular complexity index is 1650. The van der Waals surface area contributed by atoms with Crippen molar-refractivity contribution in [3.05, 3.63) is 102 Å². The van der Waals surface area contributed by atoms with Crippen LogP contribution in [0.3, 0.4) is 0 Å². The van der Waals surface area contributed by atoms with E-state index in [1.165, 1.54) is 58.9 Å². The number of fused-ring (bicyclic) bond motifs is 1. The summed E-state index contributed by atoms with van der Waals surface area (Å²) in [6, 6.07) is 19.5. The number of thiazole rings is 1. The molecule has 0 saturated heterocycles. The van der Waals surface area contributed by atoms with Crippen molar-refractivity contribution in [1.29, 1.82) is 0 Å². The molecule has 0 saturated carbocycles. The van der Waals surface area contributed by atoms with Gasteiger partial charge >= 0.3 is 0 Å². The topological polar surface area (TPSA) is 102 Å². The summed E-state index contributed by atoms with van der Waals surface area (Å²) in [6.45, 7) is 0.155. The monoisotopic (exact) mass is 537 g/mol. The zero-order chi connectivity index (χ0) is 26.0. The van der Waals surface area contributed by atoms with Crippen molar-refractivity contribution in [1.82, 2.24) is 4.98 Å². The van der Waals surface area contributed by atoms with Gasteiger partial charge in [0.1, 0.15) is 17.3 Å². The van der Waals surface area contributed by atoms with Crippen LogP contribution < -0.4 is 14.4 Å². The first-order valence-electron chi connectivity index (χ1n) is 11.0. The second-order valence-electron chi connectivity index (χ2n) is 7.94. The third-order valence-electron chi connectivity index (χ3n) is 5.46. The standard InChI is InChI=1S/C26H20FN3O5S2/c1-34-20-10-13-24-23(15-20)28-26(36-24)30(16-21-3-2-14-35-21)25(31)17-4-8-19(9-5-17)29-37(32,33)22-11-6-18(27)7-12-22/h2-15,29H,16H2,1H3. The van der Waals surface area contributed by atoms with Crippen LogP contribution in [0.2, 0.25) is 0 Å². The quantitative estimate of drug-likeness (QED) is 0.273. The Hall–Kier alpha value is -4.22. The maximum atomic E-state index is 13.6. The summed E-state index contributed by atoms with van der Waals surface area (Å²) < 4.78 is 52.4. The van der Waals surface area contributed by atoms with Gasteiger partial charge in [0.25, 0.3) is 15.9 Å². The van der Waals surface area contributed by atoms with Crippen LogP contribution in [0.4, 0.5) is 15.2 Å². The number of nitrogens with zero attached hydrogens (tertiary/aromatic N) is 2. The molecule has 0 atom stereocenters. The third kappa shape index (κ3) is 5.32. The van der Waals surface area contributed by atoms with E-state index in [0.717, 1.165) is 16.8 Å². The SMILES string of the molecule is COc1ccc2sc(N(Cc3ccco3)C(=O)c3ccc(NS(=O)(=O)c4ccc(F)cc4)cc3)nc2c1. The van der Waals surface area contributed by atoms with E-state index in [1.54, 1.807) is 25.3 Å². The number of sulfonamides is 1. The van der Waals surface area contributed by atoms with E-state index in [0.29, 0.717) is 27.7 Å². The van der Waals surface area contributed by atoms with E-state index in [9.17, 15) is 17.6 Å². The molecule has 2 aromatic heterocycles. The predicted molar refractivity (Wildman–Crippen MR) is 139 cm³/mol. The number of methoxy groups -OCH3 is 1. The molecular weight excluding hydrogens is 517 g/mol. The molecule has 0 aliphatic carbocycles. The highest BCUT2D eigenvalue weighted by molar-refractivity contribution is 7.92. The second kappa shape index (κ2) is 10.0. The molecule has 37 heavy (non-hydrogen) atoms. The maximum absolute atomic E-state index is 13.6. The van der Waals surface area contributed by atoms with Gasteiger partial charge in [0.15, 0.2) is 5.13 Å². The highest BCUT2D eigenvalue weighted by Gasteiger charge is 2.23. The number of halogens is 1. The first kappa shape index (κ1) is 24.5. The molecule has 0 bridgehead atoms. The number of aromatic nitrogens is 1. The minimum Gasteiger partial charge on any atom is -0.497 e. The molecule has 0 spiro atoms. The summed E-state index contributed by atoms with van der Waals surface area (Å²) in [5, 5.41) is 0.478. The summed E-state index contributed by atoms with van der Waals surface area (Å²) in [7, 11) is -2.35. The molecule has 5 aromatic rings. The van der Waals surface area contributed by atoms with Crippen molar-refractivity contribution in [3.63, 3.8) is 0 Å². The highest BCUT2D eigenvalue weighted by atomic mass is 32.2. The molecule has 0 fully saturated rings. The normalized spacial score (nSPS) is 11.4. The van der Waals surface area contributed by atoms with Crippen LogP contribution in [0.15, 0.2) is 94.4 Å². The minimum atomic E-state index is -3.92. The Kier molecular flexibility index (Phi) is 6.64. The molecule has 1 N–H and O–H groups in total. The lowest BCUT2D eigenvalue weighted by Crippen LogP contribution is -2.30. The number of benzene rings is 3. The Balaban J connectivity index is 1.42. The Morgan fingerprint density at radius 1 is 1.08 bits per heavy atom. The lowest BCUT2D eigenvalue weighted by atomic mass is 10.2. The second-order valence-corrected chi connectivity index (χ2v) is 10.6. The van der Waals surface area contributed by atoms with Gasteiger partial charge in [0.05, 0.1) is 35.0 Å². The first-order chi connectivity index (χ1) is 17.8. The van der Waals surface area contributed by atoms with Crippen molar-refractivity contribution in [2.75, 3.05) is 16.7 Å². The molecule has 188 valence electrons. The zero-order valence-electron chi connectivity index (χ0n) is 19.4. The van der Waals surface area contributed by atoms with Crippen LogP contribution in [0.1, 0.15) is 16.1 Å². The number of anilines is 2. The van der Waals surface area contributed by atoms with Crippen LogP contribution in [0, 0.1) is 5.82 Å². The van der Waals surface area contributed by atoms with E-state index >= 15 is 0 Å². The number of hydrogen-bond donors (Lipinski definition) is 1. The highest BCUT2D eigenvalue weighted by Crippen LogP contribution is 2.33. The summed E-state index contributed by atoms with van der Waals surface area (Å²) >= 11 is 1.36. The van der Waals surface area contributed by atoms with E-state index < -0.39 is 15.8 Å². The Labute approximate surface area is 216 Å². The van der Waals surface area contributed by atoms with Gasteiger partial charge in [-0.25, -0.2) is 17.8 Å². The molecule has 0 unspecified atom stereocenters. The fourth-order valence-corrected chi connectivity index (χ4v) is 5.59. The molecule has 2 heterocycles. The van der Waals surface area contributed by atoms with E-state index in [4.69, 9.17) is 9.15 Å². The van der Waals surface area contributed by atoms with Crippen molar-refractivity contribution in [2.45, 2.75) is 11.4 Å². The molecule has 5 rings (SSSR count). The van der Waals surface area contributed by atoms with Gasteiger partial charge in [0, 0.05) is 17.3 Å². The zero-order valence-corrected chi connectivity index (χ0v) is 21.1. The largest absolute Gasteiger partial charge is 0.497 e. The summed E-state index contributed by atoms with van der Waals surface area (Å²) in [5.74, 6) is 0.365. The number of amides is 1. The third-order valence-corrected chi connectivity index (χ3v) is 7.92. The van der Waals surface area contributed by atoms with Crippen LogP contribution in [-0.2, 0) is 16.6 Å². The number of ether oxygens (including phenoxy) is 1. The number of nitrogens with one attached hydrogen (secondary N) is 1. The number of carbonyl (C=O) groups excluding carboxylic acids is 1. The molecule has 1 amide bonds. The molecule has 11 heteroatoms. The summed E-state index contributed by atoms with van der Waals surface area (Å²) in [5.41, 5.74) is 1.28. The average molecular weight is 538 g/mol. The lowest BCUT2D eigenvalue weighted by molar-refractivity contribution is 0.0983. The lowest BCUT2D eigenvalue weighted by Gasteiger charge is -2.19. The van der Waals surface area contributed by atoms with Gasteiger partial charge in [-0.15, -0.1) is 0 Å². The van der Waals surface area contributed by atoms with E-state index in [2.05, 4.69) is 9.71 Å². The number of furan rings is 1. The molecule has 8 nitrogen and oxygen atoms in total. The smallest absolute Gasteiger partial charge is 0.261 e. The predicted octanol–water partition coefficient (Wildman–Crippen LogP) is 5.68. The van der Waals surface area contributed by atoms with Gasteiger partial charge in [-0.1, -0.05) is 11.3 Å². The Morgan fingerprint density at radius 3 is 2.51 bits per heavy atom. The molecule has 0 aliphatic heterocycles. The van der Waals surface area contributed by atoms with Crippen molar-refractivity contribution in [3.8, 4) is 5.75 Å². The van der Waals surface area contributed by atoms with Crippen molar-refractivity contribution >= 4 is 48.3 Å². The number of carbonyl (C=O) groups is 1. The molecule has 0 aliphatic rings. The average Bonchev–Trinajstić information content (AvgIpc) is 3.56. The van der Waals surface area contributed by atoms with Crippen molar-refractivity contribution in [2.24, 2.45) is 0 Å². The van der Waals surface area contributed by atoms with Crippen LogP contribution in [0.25, 0.3) is 10.2 Å². The van der Waals surface area contributed by atoms with E-state index in [-0.39, 0.29) is 23.0 Å². The summed E-state index contributed by atoms with van der Waals surface area (Å²) in [6.07, 6.45) is 1.53. The van der Waals surface area contributed by atoms with Crippen molar-refractivity contribution < 1.29 is 26.8 Å². The van der Waals surface area contributed by atoms with E-state index in [1.807, 2.05) is 12.1 Å². The molecular formula is C26H20FN3O5S2. The van der Waals surface area contributed by atoms with Gasteiger partial charge in [-0.05, 0) is 72.8 Å². The Morgan fingerprint density at radius 2 is 1.84 bits per heavy atom. The number of rotatable bonds is 8. The van der Waals surface area contributed by atoms with Gasteiger partial charge < -0.3 is 9.15 Å².